The predicted octanol–water partition coefficient (Wildman–Crippen LogP) is 3.78. The van der Waals surface area contributed by atoms with Gasteiger partial charge in [0.05, 0.1) is 12.2 Å². The highest BCUT2D eigenvalue weighted by Gasteiger charge is 2.38. The van der Waals surface area contributed by atoms with Crippen molar-refractivity contribution in [2.24, 2.45) is 0 Å². The Kier molecular flexibility index (Phi) is 4.12. The fourth-order valence-electron chi connectivity index (χ4n) is 4.43. The summed E-state index contributed by atoms with van der Waals surface area (Å²) in [6, 6.07) is 0.0893. The molecule has 2 aliphatic carbocycles. The maximum absolute atomic E-state index is 14.2. The number of fused-ring (bicyclic) bond motifs is 1. The van der Waals surface area contributed by atoms with Crippen LogP contribution in [0.5, 0.6) is 0 Å². The van der Waals surface area contributed by atoms with E-state index in [2.05, 4.69) is 20.3 Å². The molecule has 2 atom stereocenters. The van der Waals surface area contributed by atoms with E-state index >= 15 is 0 Å². The number of nitrogens with zero attached hydrogens (tertiary/aromatic N) is 5. The lowest BCUT2D eigenvalue weighted by Gasteiger charge is -2.34. The smallest absolute Gasteiger partial charge is 0.262 e. The standard InChI is InChI=1S/C19H23FN6OS/c1-10-24-25-18(28-10)13-4-3-12(13)15-22-16-14(17(27)23-15)9-21-26(16)11-5-7-19(2,20)8-6-11/h9,11-13H,3-8H2,1-2H3,(H,22,23,27)/t11?,12-,13-,19?/m1/s1. The van der Waals surface area contributed by atoms with Gasteiger partial charge >= 0.3 is 0 Å². The molecule has 0 aliphatic heterocycles. The fourth-order valence-corrected chi connectivity index (χ4v) is 5.33. The van der Waals surface area contributed by atoms with E-state index in [1.54, 1.807) is 24.5 Å². The number of aryl methyl sites for hydroxylation is 1. The molecule has 2 fully saturated rings. The Labute approximate surface area is 165 Å². The molecule has 0 spiro atoms. The van der Waals surface area contributed by atoms with Gasteiger partial charge in [-0.05, 0) is 52.4 Å². The Hall–Kier alpha value is -2.16. The first-order chi connectivity index (χ1) is 13.4. The number of nitrogens with one attached hydrogen (secondary N) is 1. The predicted molar refractivity (Wildman–Crippen MR) is 105 cm³/mol. The third-order valence-electron chi connectivity index (χ3n) is 6.31. The van der Waals surface area contributed by atoms with E-state index in [4.69, 9.17) is 4.98 Å². The van der Waals surface area contributed by atoms with E-state index in [1.165, 1.54) is 0 Å². The van der Waals surface area contributed by atoms with Crippen LogP contribution < -0.4 is 5.56 Å². The normalized spacial score (nSPS) is 30.5. The third kappa shape index (κ3) is 2.96. The third-order valence-corrected chi connectivity index (χ3v) is 7.28. The van der Waals surface area contributed by atoms with Crippen LogP contribution in [0.4, 0.5) is 4.39 Å². The number of H-pyrrole nitrogens is 1. The van der Waals surface area contributed by atoms with Gasteiger partial charge in [-0.15, -0.1) is 21.5 Å². The lowest BCUT2D eigenvalue weighted by Crippen LogP contribution is -2.29. The van der Waals surface area contributed by atoms with Crippen LogP contribution in [0.1, 0.15) is 79.2 Å². The molecule has 1 N–H and O–H groups in total. The van der Waals surface area contributed by atoms with Crippen molar-refractivity contribution >= 4 is 22.4 Å². The molecule has 5 rings (SSSR count). The maximum Gasteiger partial charge on any atom is 0.262 e. The molecule has 0 aromatic carbocycles. The summed E-state index contributed by atoms with van der Waals surface area (Å²) in [6.45, 7) is 3.61. The number of hydrogen-bond acceptors (Lipinski definition) is 6. The van der Waals surface area contributed by atoms with Gasteiger partial charge in [0.25, 0.3) is 5.56 Å². The van der Waals surface area contributed by atoms with Crippen LogP contribution in [0.15, 0.2) is 11.0 Å². The molecule has 148 valence electrons. The second-order valence-electron chi connectivity index (χ2n) is 8.37. The first-order valence-electron chi connectivity index (χ1n) is 9.88. The zero-order valence-corrected chi connectivity index (χ0v) is 16.8. The minimum Gasteiger partial charge on any atom is -0.310 e. The van der Waals surface area contributed by atoms with Gasteiger partial charge < -0.3 is 4.98 Å². The van der Waals surface area contributed by atoms with Crippen LogP contribution in [0.2, 0.25) is 0 Å². The molecule has 7 nitrogen and oxygen atoms in total. The van der Waals surface area contributed by atoms with Crippen LogP contribution in [-0.2, 0) is 0 Å². The van der Waals surface area contributed by atoms with Crippen LogP contribution in [-0.4, -0.2) is 35.6 Å². The number of rotatable bonds is 3. The second kappa shape index (κ2) is 6.43. The molecular formula is C19H23FN6OS. The van der Waals surface area contributed by atoms with Crippen LogP contribution in [0, 0.1) is 6.92 Å². The summed E-state index contributed by atoms with van der Waals surface area (Å²) in [5, 5.41) is 15.3. The van der Waals surface area contributed by atoms with Crippen molar-refractivity contribution in [2.75, 3.05) is 0 Å². The van der Waals surface area contributed by atoms with Crippen LogP contribution in [0.3, 0.4) is 0 Å². The van der Waals surface area contributed by atoms with E-state index in [0.717, 1.165) is 22.9 Å². The molecule has 2 aliphatic rings. The Morgan fingerprint density at radius 2 is 1.96 bits per heavy atom. The van der Waals surface area contributed by atoms with Crippen molar-refractivity contribution in [2.45, 2.75) is 75.9 Å². The zero-order valence-electron chi connectivity index (χ0n) is 16.0. The highest BCUT2D eigenvalue weighted by atomic mass is 32.1. The Bertz CT molecular complexity index is 1080. The lowest BCUT2D eigenvalue weighted by molar-refractivity contribution is 0.103. The van der Waals surface area contributed by atoms with Crippen molar-refractivity contribution in [1.29, 1.82) is 0 Å². The summed E-state index contributed by atoms with van der Waals surface area (Å²) in [6.07, 6.45) is 6.02. The van der Waals surface area contributed by atoms with E-state index < -0.39 is 5.67 Å². The monoisotopic (exact) mass is 402 g/mol. The summed E-state index contributed by atoms with van der Waals surface area (Å²) in [5.74, 6) is 1.10. The molecule has 3 aromatic heterocycles. The molecular weight excluding hydrogens is 379 g/mol. The maximum atomic E-state index is 14.2. The van der Waals surface area contributed by atoms with Crippen molar-refractivity contribution in [3.8, 4) is 0 Å². The number of hydrogen-bond donors (Lipinski definition) is 1. The molecule has 0 radical (unpaired) electrons. The number of alkyl halides is 1. The van der Waals surface area contributed by atoms with Crippen molar-refractivity contribution in [1.82, 2.24) is 29.9 Å². The quantitative estimate of drug-likeness (QED) is 0.720. The fraction of sp³-hybridized carbons (Fsp3) is 0.632. The SMILES string of the molecule is Cc1nnc([C@@H]2CC[C@H]2c2nc3c(cnn3C3CCC(C)(F)CC3)c(=O)[nH]2)s1. The number of aromatic nitrogens is 6. The number of aromatic amines is 1. The van der Waals surface area contributed by atoms with Crippen LogP contribution >= 0.6 is 11.3 Å². The second-order valence-corrected chi connectivity index (χ2v) is 9.58. The zero-order chi connectivity index (χ0) is 19.5. The summed E-state index contributed by atoms with van der Waals surface area (Å²) < 4.78 is 16.0. The van der Waals surface area contributed by atoms with Crippen LogP contribution in [0.25, 0.3) is 11.0 Å². The van der Waals surface area contributed by atoms with Gasteiger partial charge in [-0.3, -0.25) is 4.79 Å². The Morgan fingerprint density at radius 1 is 1.21 bits per heavy atom. The van der Waals surface area contributed by atoms with Gasteiger partial charge in [-0.1, -0.05) is 0 Å². The van der Waals surface area contributed by atoms with E-state index in [0.29, 0.717) is 42.5 Å². The lowest BCUT2D eigenvalue weighted by atomic mass is 9.73. The largest absolute Gasteiger partial charge is 0.310 e. The average molecular weight is 402 g/mol. The molecule has 0 amide bonds. The first-order valence-corrected chi connectivity index (χ1v) is 10.7. The van der Waals surface area contributed by atoms with Gasteiger partial charge in [0.1, 0.15) is 26.9 Å². The summed E-state index contributed by atoms with van der Waals surface area (Å²) in [4.78, 5) is 20.4. The summed E-state index contributed by atoms with van der Waals surface area (Å²) >= 11 is 1.61. The molecule has 3 heterocycles. The molecule has 9 heteroatoms. The van der Waals surface area contributed by atoms with Crippen molar-refractivity contribution in [3.63, 3.8) is 0 Å². The Morgan fingerprint density at radius 3 is 2.61 bits per heavy atom. The van der Waals surface area contributed by atoms with Gasteiger partial charge in [0.15, 0.2) is 5.65 Å². The molecule has 0 unspecified atom stereocenters. The molecule has 0 saturated heterocycles. The molecule has 3 aromatic rings. The van der Waals surface area contributed by atoms with Crippen molar-refractivity contribution in [3.05, 3.63) is 32.4 Å². The molecule has 28 heavy (non-hydrogen) atoms. The topological polar surface area (TPSA) is 89.3 Å². The highest BCUT2D eigenvalue weighted by molar-refractivity contribution is 7.11. The minimum atomic E-state index is -1.10. The van der Waals surface area contributed by atoms with E-state index in [1.807, 2.05) is 11.6 Å². The van der Waals surface area contributed by atoms with Gasteiger partial charge in [0.2, 0.25) is 0 Å². The van der Waals surface area contributed by atoms with E-state index in [-0.39, 0.29) is 23.4 Å². The molecule has 2 saturated carbocycles. The highest BCUT2D eigenvalue weighted by Crippen LogP contribution is 2.48. The van der Waals surface area contributed by atoms with Crippen molar-refractivity contribution < 1.29 is 4.39 Å². The summed E-state index contributed by atoms with van der Waals surface area (Å²) in [5.41, 5.74) is -0.643. The minimum absolute atomic E-state index is 0.0893. The number of halogens is 1. The van der Waals surface area contributed by atoms with E-state index in [9.17, 15) is 9.18 Å². The first kappa shape index (κ1) is 17.9. The Balaban J connectivity index is 1.49. The van der Waals surface area contributed by atoms with Gasteiger partial charge in [-0.25, -0.2) is 14.1 Å². The van der Waals surface area contributed by atoms with Gasteiger partial charge in [-0.2, -0.15) is 5.10 Å². The molecule has 0 bridgehead atoms. The average Bonchev–Trinajstić information content (AvgIpc) is 3.21. The van der Waals surface area contributed by atoms with Gasteiger partial charge in [0, 0.05) is 11.8 Å². The summed E-state index contributed by atoms with van der Waals surface area (Å²) in [7, 11) is 0.